The molecule has 1 heterocycles. The molecule has 0 aromatic rings. The summed E-state index contributed by atoms with van der Waals surface area (Å²) in [7, 11) is 0. The highest BCUT2D eigenvalue weighted by Gasteiger charge is 2.23. The van der Waals surface area contributed by atoms with Gasteiger partial charge in [-0.25, -0.2) is 0 Å². The number of ketones is 1. The summed E-state index contributed by atoms with van der Waals surface area (Å²) < 4.78 is 0.365. The van der Waals surface area contributed by atoms with Crippen molar-refractivity contribution in [1.29, 1.82) is 0 Å². The third kappa shape index (κ3) is 1.22. The summed E-state index contributed by atoms with van der Waals surface area (Å²) in [4.78, 5) is 21.2. The van der Waals surface area contributed by atoms with E-state index in [1.165, 1.54) is 0 Å². The number of hydrogen-bond acceptors (Lipinski definition) is 3. The molecule has 0 saturated carbocycles. The van der Waals surface area contributed by atoms with Gasteiger partial charge in [-0.15, -0.1) is 10.2 Å². The van der Waals surface area contributed by atoms with Crippen LogP contribution in [-0.2, 0) is 9.59 Å². The molecule has 1 rings (SSSR count). The van der Waals surface area contributed by atoms with Crippen molar-refractivity contribution in [3.63, 3.8) is 0 Å². The molecule has 1 amide bonds. The smallest absolute Gasteiger partial charge is 0.282 e. The van der Waals surface area contributed by atoms with Crippen molar-refractivity contribution in [2.75, 3.05) is 0 Å². The highest BCUT2D eigenvalue weighted by atomic mass is 79.9. The molecule has 0 aliphatic carbocycles. The third-order valence-electron chi connectivity index (χ3n) is 0.803. The Labute approximate surface area is 72.6 Å². The maximum atomic E-state index is 10.7. The zero-order chi connectivity index (χ0) is 7.72. The average molecular weight is 268 g/mol. The summed E-state index contributed by atoms with van der Waals surface area (Å²) in [6.45, 7) is 0. The van der Waals surface area contributed by atoms with Crippen molar-refractivity contribution in [2.24, 2.45) is 10.2 Å². The van der Waals surface area contributed by atoms with Crippen LogP contribution in [0.25, 0.3) is 0 Å². The predicted octanol–water partition coefficient (Wildman–Crippen LogP) is 1.51. The second kappa shape index (κ2) is 2.71. The maximum Gasteiger partial charge on any atom is 0.337 e. The molecule has 1 aliphatic heterocycles. The second-order valence-electron chi connectivity index (χ2n) is 1.44. The number of carbonyl (C=O) groups excluding carboxylic acids is 2. The van der Waals surface area contributed by atoms with Crippen molar-refractivity contribution in [3.05, 3.63) is 9.09 Å². The summed E-state index contributed by atoms with van der Waals surface area (Å²) in [6, 6.07) is 0. The monoisotopic (exact) mass is 266 g/mol. The fourth-order valence-corrected chi connectivity index (χ4v) is 0.874. The number of hydrogen-bond donors (Lipinski definition) is 0. The summed E-state index contributed by atoms with van der Waals surface area (Å²) in [6.07, 6.45) is 0. The Hall–Kier alpha value is -0.360. The molecule has 0 aromatic heterocycles. The van der Waals surface area contributed by atoms with Gasteiger partial charge in [0.1, 0.15) is 9.09 Å². The van der Waals surface area contributed by atoms with Crippen molar-refractivity contribution in [2.45, 2.75) is 0 Å². The third-order valence-corrected chi connectivity index (χ3v) is 2.63. The number of rotatable bonds is 0. The molecule has 0 radical (unpaired) electrons. The first kappa shape index (κ1) is 7.74. The normalized spacial score (nSPS) is 18.6. The van der Waals surface area contributed by atoms with Crippen LogP contribution in [-0.4, -0.2) is 11.7 Å². The molecule has 6 heteroatoms. The van der Waals surface area contributed by atoms with Crippen molar-refractivity contribution < 1.29 is 9.59 Å². The van der Waals surface area contributed by atoms with E-state index in [1.54, 1.807) is 0 Å². The van der Waals surface area contributed by atoms with Gasteiger partial charge in [0, 0.05) is 0 Å². The average Bonchev–Trinajstić information content (AvgIpc) is 1.93. The number of amides is 1. The standard InChI is InChI=1S/C4Br2N2O2/c5-1-2(9)4(10)8-7-3(1)6. The first-order valence-corrected chi connectivity index (χ1v) is 3.77. The lowest BCUT2D eigenvalue weighted by Crippen LogP contribution is -2.13. The van der Waals surface area contributed by atoms with Gasteiger partial charge in [0.25, 0.3) is 5.78 Å². The Bertz CT molecular complexity index is 268. The molecule has 0 unspecified atom stereocenters. The van der Waals surface area contributed by atoms with Crippen molar-refractivity contribution in [3.8, 4) is 0 Å². The van der Waals surface area contributed by atoms with Gasteiger partial charge in [0.2, 0.25) is 0 Å². The lowest BCUT2D eigenvalue weighted by Gasteiger charge is -1.98. The van der Waals surface area contributed by atoms with E-state index in [0.29, 0.717) is 0 Å². The molecule has 0 spiro atoms. The zero-order valence-electron chi connectivity index (χ0n) is 4.47. The van der Waals surface area contributed by atoms with Gasteiger partial charge in [-0.3, -0.25) is 9.59 Å². The van der Waals surface area contributed by atoms with E-state index in [4.69, 9.17) is 0 Å². The Morgan fingerprint density at radius 2 is 1.70 bits per heavy atom. The van der Waals surface area contributed by atoms with Gasteiger partial charge in [-0.1, -0.05) is 0 Å². The van der Waals surface area contributed by atoms with Gasteiger partial charge in [0.05, 0.1) is 0 Å². The molecule has 0 N–H and O–H groups in total. The van der Waals surface area contributed by atoms with E-state index in [9.17, 15) is 9.59 Å². The molecule has 4 nitrogen and oxygen atoms in total. The summed E-state index contributed by atoms with van der Waals surface area (Å²) in [5.41, 5.74) is 0. The molecule has 0 fully saturated rings. The number of halogens is 2. The van der Waals surface area contributed by atoms with Crippen LogP contribution < -0.4 is 0 Å². The van der Waals surface area contributed by atoms with E-state index in [-0.39, 0.29) is 9.09 Å². The molecule has 1 aliphatic rings. The molecule has 0 saturated heterocycles. The van der Waals surface area contributed by atoms with Crippen molar-refractivity contribution >= 4 is 43.6 Å². The van der Waals surface area contributed by atoms with Crippen LogP contribution in [0.15, 0.2) is 19.3 Å². The maximum absolute atomic E-state index is 10.7. The molecule has 10 heavy (non-hydrogen) atoms. The largest absolute Gasteiger partial charge is 0.337 e. The van der Waals surface area contributed by atoms with Gasteiger partial charge < -0.3 is 0 Å². The van der Waals surface area contributed by atoms with Gasteiger partial charge in [-0.2, -0.15) is 0 Å². The molecule has 0 aromatic carbocycles. The Morgan fingerprint density at radius 3 is 2.20 bits per heavy atom. The van der Waals surface area contributed by atoms with Crippen LogP contribution in [0.5, 0.6) is 0 Å². The minimum Gasteiger partial charge on any atom is -0.282 e. The van der Waals surface area contributed by atoms with Crippen LogP contribution in [0, 0.1) is 0 Å². The lowest BCUT2D eigenvalue weighted by molar-refractivity contribution is -0.133. The van der Waals surface area contributed by atoms with Crippen LogP contribution in [0.2, 0.25) is 0 Å². The predicted molar refractivity (Wildman–Crippen MR) is 39.7 cm³/mol. The van der Waals surface area contributed by atoms with Crippen LogP contribution in [0.1, 0.15) is 0 Å². The van der Waals surface area contributed by atoms with Gasteiger partial charge in [-0.05, 0) is 31.9 Å². The number of carbonyl (C=O) groups is 2. The van der Waals surface area contributed by atoms with Crippen LogP contribution >= 0.6 is 31.9 Å². The summed E-state index contributed by atoms with van der Waals surface area (Å²) in [5, 5.41) is 6.39. The van der Waals surface area contributed by atoms with Crippen LogP contribution in [0.4, 0.5) is 0 Å². The molecule has 52 valence electrons. The van der Waals surface area contributed by atoms with Gasteiger partial charge in [0.15, 0.2) is 0 Å². The zero-order valence-corrected chi connectivity index (χ0v) is 7.64. The van der Waals surface area contributed by atoms with E-state index in [0.717, 1.165) is 0 Å². The molecule has 0 atom stereocenters. The highest BCUT2D eigenvalue weighted by Crippen LogP contribution is 2.23. The second-order valence-corrected chi connectivity index (χ2v) is 2.98. The molecular weight excluding hydrogens is 268 g/mol. The fourth-order valence-electron chi connectivity index (χ4n) is 0.366. The molecule has 0 bridgehead atoms. The quantitative estimate of drug-likeness (QED) is 0.493. The number of Topliss-reactive ketones (excluding diaryl/α,β-unsaturated/α-hetero) is 1. The number of azo groups is 1. The van der Waals surface area contributed by atoms with E-state index in [1.807, 2.05) is 0 Å². The van der Waals surface area contributed by atoms with Crippen molar-refractivity contribution in [1.82, 2.24) is 0 Å². The minimum atomic E-state index is -0.852. The van der Waals surface area contributed by atoms with E-state index < -0.39 is 11.7 Å². The fraction of sp³-hybridized carbons (Fsp3) is 0. The Kier molecular flexibility index (Phi) is 2.10. The lowest BCUT2D eigenvalue weighted by atomic mass is 10.3. The Balaban J connectivity index is 3.11. The summed E-state index contributed by atoms with van der Waals surface area (Å²) in [5.74, 6) is -1.53. The minimum absolute atomic E-state index is 0.118. The number of nitrogens with zero attached hydrogens (tertiary/aromatic N) is 2. The van der Waals surface area contributed by atoms with E-state index in [2.05, 4.69) is 42.1 Å². The van der Waals surface area contributed by atoms with Crippen LogP contribution in [0.3, 0.4) is 0 Å². The SMILES string of the molecule is O=C1N=NC(Br)=C(Br)C1=O. The topological polar surface area (TPSA) is 58.9 Å². The summed E-state index contributed by atoms with van der Waals surface area (Å²) >= 11 is 5.79. The first-order valence-electron chi connectivity index (χ1n) is 2.18. The molecular formula is C4Br2N2O2. The van der Waals surface area contributed by atoms with Gasteiger partial charge >= 0.3 is 5.91 Å². The Morgan fingerprint density at radius 1 is 1.10 bits per heavy atom. The highest BCUT2D eigenvalue weighted by molar-refractivity contribution is 9.14. The van der Waals surface area contributed by atoms with E-state index >= 15 is 0 Å². The first-order chi connectivity index (χ1) is 4.63.